The first-order chi connectivity index (χ1) is 7.43. The zero-order valence-electron chi connectivity index (χ0n) is 8.63. The highest BCUT2D eigenvalue weighted by molar-refractivity contribution is 6.31. The summed E-state index contributed by atoms with van der Waals surface area (Å²) in [6.07, 6.45) is -2.53. The second-order valence-corrected chi connectivity index (χ2v) is 3.48. The van der Waals surface area contributed by atoms with E-state index in [0.717, 1.165) is 0 Å². The molecule has 0 saturated carbocycles. The molecule has 8 heteroatoms. The first-order valence-electron chi connectivity index (χ1n) is 4.52. The van der Waals surface area contributed by atoms with Crippen LogP contribution in [0.5, 0.6) is 0 Å². The van der Waals surface area contributed by atoms with Gasteiger partial charge in [0.1, 0.15) is 12.0 Å². The minimum absolute atomic E-state index is 0.0303. The highest BCUT2D eigenvalue weighted by atomic mass is 35.5. The lowest BCUT2D eigenvalue weighted by molar-refractivity contribution is -0.119. The molecule has 0 rings (SSSR count). The van der Waals surface area contributed by atoms with Gasteiger partial charge in [0.05, 0.1) is 6.61 Å². The molecule has 0 bridgehead atoms. The van der Waals surface area contributed by atoms with E-state index in [-0.39, 0.29) is 13.2 Å². The molecule has 3 amide bonds. The first kappa shape index (κ1) is 15.0. The molecule has 0 aliphatic carbocycles. The van der Waals surface area contributed by atoms with E-state index in [1.54, 1.807) is 0 Å². The van der Waals surface area contributed by atoms with Crippen LogP contribution in [-0.4, -0.2) is 43.5 Å². The molecule has 1 atom stereocenters. The minimum Gasteiger partial charge on any atom is -0.374 e. The van der Waals surface area contributed by atoms with Crippen molar-refractivity contribution in [3.63, 3.8) is 0 Å². The van der Waals surface area contributed by atoms with Gasteiger partial charge in [0.15, 0.2) is 0 Å². The molecule has 2 N–H and O–H groups in total. The van der Waals surface area contributed by atoms with Gasteiger partial charge >= 0.3 is 6.03 Å². The molecular weight excluding hydrogens is 246 g/mol. The molecular formula is C8H13ClF2N2O3. The quantitative estimate of drug-likeness (QED) is 0.545. The summed E-state index contributed by atoms with van der Waals surface area (Å²) in [6.45, 7) is 0.710. The Hall–Kier alpha value is -0.950. The van der Waals surface area contributed by atoms with Gasteiger partial charge in [-0.1, -0.05) is 0 Å². The highest BCUT2D eigenvalue weighted by Gasteiger charge is 2.12. The smallest absolute Gasteiger partial charge is 0.321 e. The van der Waals surface area contributed by atoms with E-state index in [1.165, 1.54) is 6.92 Å². The fourth-order valence-electron chi connectivity index (χ4n) is 0.665. The average Bonchev–Trinajstić information content (AvgIpc) is 2.16. The Morgan fingerprint density at radius 1 is 1.44 bits per heavy atom. The summed E-state index contributed by atoms with van der Waals surface area (Å²) in [7, 11) is 0. The van der Waals surface area contributed by atoms with Gasteiger partial charge in [-0.05, 0) is 6.92 Å². The number of amides is 3. The van der Waals surface area contributed by atoms with Crippen molar-refractivity contribution in [2.75, 3.05) is 19.8 Å². The lowest BCUT2D eigenvalue weighted by Crippen LogP contribution is -2.43. The van der Waals surface area contributed by atoms with Crippen LogP contribution in [0, 0.1) is 0 Å². The van der Waals surface area contributed by atoms with Crippen molar-refractivity contribution < 1.29 is 23.1 Å². The van der Waals surface area contributed by atoms with Crippen molar-refractivity contribution in [2.24, 2.45) is 0 Å². The van der Waals surface area contributed by atoms with Crippen molar-refractivity contribution >= 4 is 23.5 Å². The molecule has 0 aliphatic rings. The molecule has 5 nitrogen and oxygen atoms in total. The average molecular weight is 259 g/mol. The minimum atomic E-state index is -2.53. The number of imide groups is 1. The number of rotatable bonds is 6. The molecule has 0 spiro atoms. The fourth-order valence-corrected chi connectivity index (χ4v) is 0.719. The Labute approximate surface area is 96.5 Å². The first-order valence-corrected chi connectivity index (χ1v) is 4.95. The number of carbonyl (C=O) groups excluding carboxylic acids is 2. The largest absolute Gasteiger partial charge is 0.374 e. The third kappa shape index (κ3) is 8.37. The van der Waals surface area contributed by atoms with Gasteiger partial charge in [0.25, 0.3) is 6.43 Å². The molecule has 0 heterocycles. The Morgan fingerprint density at radius 2 is 2.06 bits per heavy atom. The maximum absolute atomic E-state index is 11.6. The topological polar surface area (TPSA) is 67.4 Å². The van der Waals surface area contributed by atoms with E-state index < -0.39 is 30.3 Å². The van der Waals surface area contributed by atoms with Crippen LogP contribution in [0.15, 0.2) is 0 Å². The zero-order chi connectivity index (χ0) is 12.6. The Morgan fingerprint density at radius 3 is 2.56 bits per heavy atom. The van der Waals surface area contributed by atoms with Crippen LogP contribution in [0.1, 0.15) is 6.92 Å². The third-order valence-electron chi connectivity index (χ3n) is 1.37. The SMILES string of the molecule is CC(Cl)C(=O)NC(=O)NCCOCC(F)F. The molecule has 0 aromatic carbocycles. The number of hydrogen-bond acceptors (Lipinski definition) is 3. The second kappa shape index (κ2) is 8.23. The highest BCUT2D eigenvalue weighted by Crippen LogP contribution is 1.92. The van der Waals surface area contributed by atoms with E-state index in [2.05, 4.69) is 10.1 Å². The van der Waals surface area contributed by atoms with Crippen LogP contribution < -0.4 is 10.6 Å². The Bertz CT molecular complexity index is 239. The number of carbonyl (C=O) groups is 2. The van der Waals surface area contributed by atoms with Crippen LogP contribution in [-0.2, 0) is 9.53 Å². The molecule has 0 aromatic rings. The normalized spacial score (nSPS) is 12.3. The number of nitrogens with one attached hydrogen (secondary N) is 2. The summed E-state index contributed by atoms with van der Waals surface area (Å²) in [5.41, 5.74) is 0. The van der Waals surface area contributed by atoms with Crippen LogP contribution in [0.3, 0.4) is 0 Å². The van der Waals surface area contributed by atoms with Gasteiger partial charge in [-0.15, -0.1) is 11.6 Å². The van der Waals surface area contributed by atoms with Crippen LogP contribution in [0.2, 0.25) is 0 Å². The summed E-state index contributed by atoms with van der Waals surface area (Å²) >= 11 is 5.39. The summed E-state index contributed by atoms with van der Waals surface area (Å²) in [5, 5.41) is 3.38. The van der Waals surface area contributed by atoms with Crippen molar-refractivity contribution in [1.29, 1.82) is 0 Å². The molecule has 0 aliphatic heterocycles. The standard InChI is InChI=1S/C8H13ClF2N2O3/c1-5(9)7(14)13-8(15)12-2-3-16-4-6(10)11/h5-6H,2-4H2,1H3,(H2,12,13,14,15). The van der Waals surface area contributed by atoms with E-state index in [1.807, 2.05) is 5.32 Å². The lowest BCUT2D eigenvalue weighted by Gasteiger charge is -2.07. The van der Waals surface area contributed by atoms with Crippen molar-refractivity contribution in [1.82, 2.24) is 10.6 Å². The number of hydrogen-bond donors (Lipinski definition) is 2. The van der Waals surface area contributed by atoms with Gasteiger partial charge < -0.3 is 10.1 Å². The van der Waals surface area contributed by atoms with Gasteiger partial charge in [0.2, 0.25) is 5.91 Å². The number of urea groups is 1. The van der Waals surface area contributed by atoms with Crippen LogP contribution >= 0.6 is 11.6 Å². The molecule has 94 valence electrons. The van der Waals surface area contributed by atoms with Crippen LogP contribution in [0.25, 0.3) is 0 Å². The third-order valence-corrected chi connectivity index (χ3v) is 1.57. The number of alkyl halides is 3. The fraction of sp³-hybridized carbons (Fsp3) is 0.750. The number of halogens is 3. The van der Waals surface area contributed by atoms with Gasteiger partial charge in [-0.2, -0.15) is 0 Å². The summed E-state index contributed by atoms with van der Waals surface area (Å²) in [4.78, 5) is 21.8. The Balaban J connectivity index is 3.48. The van der Waals surface area contributed by atoms with Gasteiger partial charge in [-0.25, -0.2) is 13.6 Å². The van der Waals surface area contributed by atoms with Gasteiger partial charge in [0, 0.05) is 6.54 Å². The molecule has 16 heavy (non-hydrogen) atoms. The predicted octanol–water partition coefficient (Wildman–Crippen LogP) is 0.721. The summed E-state index contributed by atoms with van der Waals surface area (Å²) < 4.78 is 27.7. The predicted molar refractivity (Wildman–Crippen MR) is 53.7 cm³/mol. The molecule has 0 aromatic heterocycles. The zero-order valence-corrected chi connectivity index (χ0v) is 9.39. The van der Waals surface area contributed by atoms with E-state index in [9.17, 15) is 18.4 Å². The van der Waals surface area contributed by atoms with Crippen molar-refractivity contribution in [2.45, 2.75) is 18.7 Å². The Kier molecular flexibility index (Phi) is 7.74. The van der Waals surface area contributed by atoms with Gasteiger partial charge in [-0.3, -0.25) is 10.1 Å². The maximum atomic E-state index is 11.6. The maximum Gasteiger partial charge on any atom is 0.321 e. The van der Waals surface area contributed by atoms with Crippen molar-refractivity contribution in [3.8, 4) is 0 Å². The number of ether oxygens (including phenoxy) is 1. The lowest BCUT2D eigenvalue weighted by atomic mass is 10.4. The second-order valence-electron chi connectivity index (χ2n) is 2.83. The van der Waals surface area contributed by atoms with E-state index in [4.69, 9.17) is 11.6 Å². The molecule has 0 fully saturated rings. The molecule has 0 saturated heterocycles. The van der Waals surface area contributed by atoms with Crippen molar-refractivity contribution in [3.05, 3.63) is 0 Å². The van der Waals surface area contributed by atoms with E-state index in [0.29, 0.717) is 0 Å². The summed E-state index contributed by atoms with van der Waals surface area (Å²) in [5.74, 6) is -0.632. The monoisotopic (exact) mass is 258 g/mol. The summed E-state index contributed by atoms with van der Waals surface area (Å²) in [6, 6.07) is -0.738. The van der Waals surface area contributed by atoms with E-state index >= 15 is 0 Å². The molecule has 1 unspecified atom stereocenters. The van der Waals surface area contributed by atoms with Crippen LogP contribution in [0.4, 0.5) is 13.6 Å². The molecule has 0 radical (unpaired) electrons.